The molecule has 0 spiro atoms. The molecule has 0 aliphatic rings. The summed E-state index contributed by atoms with van der Waals surface area (Å²) in [5.41, 5.74) is 7.61. The smallest absolute Gasteiger partial charge is 0.126 e. The van der Waals surface area contributed by atoms with Gasteiger partial charge in [0.1, 0.15) is 5.75 Å². The van der Waals surface area contributed by atoms with Crippen molar-refractivity contribution in [1.82, 2.24) is 0 Å². The summed E-state index contributed by atoms with van der Waals surface area (Å²) in [6, 6.07) is 12.3. The molecule has 0 aliphatic heterocycles. The van der Waals surface area contributed by atoms with Crippen LogP contribution in [0.25, 0.3) is 10.8 Å². The Hall–Kier alpha value is -1.25. The lowest BCUT2D eigenvalue weighted by Gasteiger charge is -2.28. The highest BCUT2D eigenvalue weighted by atomic mass is 35.5. The first kappa shape index (κ1) is 15.8. The third kappa shape index (κ3) is 3.02. The van der Waals surface area contributed by atoms with Crippen LogP contribution in [-0.4, -0.2) is 7.11 Å². The molecule has 0 aromatic heterocycles. The zero-order chi connectivity index (χ0) is 13.3. The minimum absolute atomic E-state index is 0. The van der Waals surface area contributed by atoms with Crippen LogP contribution in [0.4, 0.5) is 0 Å². The zero-order valence-electron chi connectivity index (χ0n) is 11.9. The minimum atomic E-state index is 0. The Morgan fingerprint density at radius 3 is 2.11 bits per heavy atom. The van der Waals surface area contributed by atoms with Gasteiger partial charge in [0.2, 0.25) is 0 Å². The third-order valence-corrected chi connectivity index (χ3v) is 3.41. The molecule has 1 atom stereocenters. The van der Waals surface area contributed by atoms with Crippen LogP contribution in [0.15, 0.2) is 36.4 Å². The maximum absolute atomic E-state index is 6.39. The van der Waals surface area contributed by atoms with Crippen molar-refractivity contribution in [3.63, 3.8) is 0 Å². The number of methoxy groups -OCH3 is 1. The minimum Gasteiger partial charge on any atom is -0.496 e. The molecule has 0 amide bonds. The Bertz CT molecular complexity index is 560. The molecule has 0 bridgehead atoms. The number of hydrogen-bond acceptors (Lipinski definition) is 2. The van der Waals surface area contributed by atoms with E-state index in [2.05, 4.69) is 39.0 Å². The van der Waals surface area contributed by atoms with Crippen LogP contribution in [0, 0.1) is 5.41 Å². The molecule has 3 heteroatoms. The third-order valence-electron chi connectivity index (χ3n) is 3.41. The second-order valence-corrected chi connectivity index (χ2v) is 5.75. The molecule has 2 N–H and O–H groups in total. The first-order valence-corrected chi connectivity index (χ1v) is 6.26. The second-order valence-electron chi connectivity index (χ2n) is 5.75. The van der Waals surface area contributed by atoms with E-state index in [1.165, 1.54) is 10.9 Å². The van der Waals surface area contributed by atoms with E-state index >= 15 is 0 Å². The van der Waals surface area contributed by atoms with E-state index in [9.17, 15) is 0 Å². The number of ether oxygens (including phenoxy) is 1. The Labute approximate surface area is 121 Å². The molecule has 2 rings (SSSR count). The normalized spacial score (nSPS) is 12.9. The summed E-state index contributed by atoms with van der Waals surface area (Å²) < 4.78 is 5.41. The van der Waals surface area contributed by atoms with Gasteiger partial charge >= 0.3 is 0 Å². The lowest BCUT2D eigenvalue weighted by atomic mass is 9.81. The molecule has 2 nitrogen and oxygen atoms in total. The van der Waals surface area contributed by atoms with Gasteiger partial charge in [-0.15, -0.1) is 12.4 Å². The van der Waals surface area contributed by atoms with E-state index in [1.807, 2.05) is 18.2 Å². The summed E-state index contributed by atoms with van der Waals surface area (Å²) in [6.45, 7) is 6.49. The first-order chi connectivity index (χ1) is 8.45. The summed E-state index contributed by atoms with van der Waals surface area (Å²) in [5.74, 6) is 0.899. The van der Waals surface area contributed by atoms with Gasteiger partial charge in [0.25, 0.3) is 0 Å². The Morgan fingerprint density at radius 2 is 1.58 bits per heavy atom. The summed E-state index contributed by atoms with van der Waals surface area (Å²) in [7, 11) is 1.70. The number of nitrogens with two attached hydrogens (primary N) is 1. The topological polar surface area (TPSA) is 35.2 Å². The van der Waals surface area contributed by atoms with Gasteiger partial charge in [0.05, 0.1) is 7.11 Å². The van der Waals surface area contributed by atoms with E-state index in [4.69, 9.17) is 10.5 Å². The molecule has 0 heterocycles. The Kier molecular flexibility index (Phi) is 4.83. The summed E-state index contributed by atoms with van der Waals surface area (Å²) >= 11 is 0. The van der Waals surface area contributed by atoms with Crippen LogP contribution < -0.4 is 10.5 Å². The van der Waals surface area contributed by atoms with Crippen LogP contribution in [0.2, 0.25) is 0 Å². The van der Waals surface area contributed by atoms with Crippen LogP contribution in [0.3, 0.4) is 0 Å². The van der Waals surface area contributed by atoms with Gasteiger partial charge in [-0.05, 0) is 22.4 Å². The van der Waals surface area contributed by atoms with Gasteiger partial charge in [-0.3, -0.25) is 0 Å². The summed E-state index contributed by atoms with van der Waals surface area (Å²) in [4.78, 5) is 0. The van der Waals surface area contributed by atoms with Crippen LogP contribution in [-0.2, 0) is 0 Å². The quantitative estimate of drug-likeness (QED) is 0.889. The van der Waals surface area contributed by atoms with Crippen molar-refractivity contribution in [3.05, 3.63) is 42.0 Å². The van der Waals surface area contributed by atoms with Crippen molar-refractivity contribution in [2.24, 2.45) is 11.1 Å². The molecule has 2 aromatic rings. The molecule has 0 saturated heterocycles. The van der Waals surface area contributed by atoms with Gasteiger partial charge in [-0.1, -0.05) is 51.1 Å². The van der Waals surface area contributed by atoms with E-state index in [0.717, 1.165) is 11.1 Å². The lowest BCUT2D eigenvalue weighted by Crippen LogP contribution is -2.26. The molecule has 104 valence electrons. The molecule has 0 aliphatic carbocycles. The number of benzene rings is 2. The summed E-state index contributed by atoms with van der Waals surface area (Å²) in [5, 5.41) is 2.30. The van der Waals surface area contributed by atoms with Crippen molar-refractivity contribution in [1.29, 1.82) is 0 Å². The second kappa shape index (κ2) is 5.81. The molecular formula is C16H22ClNO. The predicted molar refractivity (Wildman–Crippen MR) is 84.1 cm³/mol. The highest BCUT2D eigenvalue weighted by Gasteiger charge is 2.24. The van der Waals surface area contributed by atoms with E-state index in [0.29, 0.717) is 0 Å². The number of halogens is 1. The van der Waals surface area contributed by atoms with E-state index in [1.54, 1.807) is 7.11 Å². The van der Waals surface area contributed by atoms with Crippen LogP contribution in [0.5, 0.6) is 5.75 Å². The zero-order valence-corrected chi connectivity index (χ0v) is 12.8. The van der Waals surface area contributed by atoms with Gasteiger partial charge in [0.15, 0.2) is 0 Å². The molecule has 0 radical (unpaired) electrons. The molecule has 19 heavy (non-hydrogen) atoms. The fourth-order valence-corrected chi connectivity index (χ4v) is 2.21. The SMILES string of the molecule is COc1ccc([C@@H](N)C(C)(C)C)c2ccccc12.Cl. The Balaban J connectivity index is 0.00000180. The largest absolute Gasteiger partial charge is 0.496 e. The summed E-state index contributed by atoms with van der Waals surface area (Å²) in [6.07, 6.45) is 0. The number of fused-ring (bicyclic) bond motifs is 1. The van der Waals surface area contributed by atoms with Crippen molar-refractivity contribution in [3.8, 4) is 5.75 Å². The maximum Gasteiger partial charge on any atom is 0.126 e. The number of rotatable bonds is 2. The Morgan fingerprint density at radius 1 is 1.00 bits per heavy atom. The van der Waals surface area contributed by atoms with Crippen molar-refractivity contribution >= 4 is 23.2 Å². The fourth-order valence-electron chi connectivity index (χ4n) is 2.21. The maximum atomic E-state index is 6.39. The highest BCUT2D eigenvalue weighted by Crippen LogP contribution is 2.37. The highest BCUT2D eigenvalue weighted by molar-refractivity contribution is 5.91. The van der Waals surface area contributed by atoms with Crippen LogP contribution in [0.1, 0.15) is 32.4 Å². The van der Waals surface area contributed by atoms with E-state index < -0.39 is 0 Å². The standard InChI is InChI=1S/C16H21NO.ClH/c1-16(2,3)15(17)13-9-10-14(18-4)12-8-6-5-7-11(12)13;/h5-10,15H,17H2,1-4H3;1H/t15-;/m1./s1. The number of hydrogen-bond donors (Lipinski definition) is 1. The van der Waals surface area contributed by atoms with Gasteiger partial charge in [-0.2, -0.15) is 0 Å². The lowest BCUT2D eigenvalue weighted by molar-refractivity contribution is 0.328. The van der Waals surface area contributed by atoms with E-state index in [-0.39, 0.29) is 23.9 Å². The molecular weight excluding hydrogens is 258 g/mol. The molecule has 0 fully saturated rings. The molecule has 0 saturated carbocycles. The van der Waals surface area contributed by atoms with Gasteiger partial charge in [-0.25, -0.2) is 0 Å². The fraction of sp³-hybridized carbons (Fsp3) is 0.375. The van der Waals surface area contributed by atoms with Crippen LogP contribution >= 0.6 is 12.4 Å². The predicted octanol–water partition coefficient (Wildman–Crippen LogP) is 4.32. The molecule has 0 unspecified atom stereocenters. The van der Waals surface area contributed by atoms with Crippen molar-refractivity contribution < 1.29 is 4.74 Å². The molecule has 2 aromatic carbocycles. The average Bonchev–Trinajstić information content (AvgIpc) is 2.35. The van der Waals surface area contributed by atoms with Gasteiger partial charge in [0, 0.05) is 11.4 Å². The van der Waals surface area contributed by atoms with Gasteiger partial charge < -0.3 is 10.5 Å². The first-order valence-electron chi connectivity index (χ1n) is 6.26. The van der Waals surface area contributed by atoms with Crippen molar-refractivity contribution in [2.75, 3.05) is 7.11 Å². The monoisotopic (exact) mass is 279 g/mol. The van der Waals surface area contributed by atoms with Crippen molar-refractivity contribution in [2.45, 2.75) is 26.8 Å². The average molecular weight is 280 g/mol.